The van der Waals surface area contributed by atoms with Crippen molar-refractivity contribution in [1.82, 2.24) is 14.5 Å². The molecular formula is C20H24N4O2S. The topological polar surface area (TPSA) is 67.2 Å². The highest BCUT2D eigenvalue weighted by atomic mass is 32.1. The number of nitrogens with zero attached hydrogens (tertiary/aromatic N) is 3. The number of anilines is 1. The normalized spacial score (nSPS) is 11.3. The van der Waals surface area contributed by atoms with Crippen LogP contribution in [0.5, 0.6) is 0 Å². The van der Waals surface area contributed by atoms with Crippen LogP contribution in [0.15, 0.2) is 29.1 Å². The number of carbonyl (C=O) groups is 1. The first kappa shape index (κ1) is 19.3. The molecule has 6 nitrogen and oxygen atoms in total. The molecule has 0 atom stereocenters. The summed E-state index contributed by atoms with van der Waals surface area (Å²) in [7, 11) is 3.83. The van der Waals surface area contributed by atoms with Crippen LogP contribution in [0.2, 0.25) is 0 Å². The van der Waals surface area contributed by atoms with Crippen LogP contribution >= 0.6 is 11.3 Å². The summed E-state index contributed by atoms with van der Waals surface area (Å²) in [6.45, 7) is 6.33. The first-order chi connectivity index (χ1) is 12.8. The molecule has 3 rings (SSSR count). The van der Waals surface area contributed by atoms with Gasteiger partial charge in [0.2, 0.25) is 5.91 Å². The van der Waals surface area contributed by atoms with Crippen molar-refractivity contribution >= 4 is 33.1 Å². The van der Waals surface area contributed by atoms with E-state index in [1.807, 2.05) is 64.0 Å². The summed E-state index contributed by atoms with van der Waals surface area (Å²) in [6.07, 6.45) is 0. The van der Waals surface area contributed by atoms with Gasteiger partial charge in [-0.25, -0.2) is 4.98 Å². The molecule has 0 radical (unpaired) electrons. The van der Waals surface area contributed by atoms with Gasteiger partial charge in [-0.2, -0.15) is 0 Å². The highest BCUT2D eigenvalue weighted by Gasteiger charge is 2.18. The second-order valence-corrected chi connectivity index (χ2v) is 8.24. The number of aryl methyl sites for hydroxylation is 3. The molecule has 0 aliphatic heterocycles. The molecule has 7 heteroatoms. The first-order valence-electron chi connectivity index (χ1n) is 8.77. The van der Waals surface area contributed by atoms with Gasteiger partial charge >= 0.3 is 0 Å². The van der Waals surface area contributed by atoms with Gasteiger partial charge in [-0.15, -0.1) is 11.3 Å². The van der Waals surface area contributed by atoms with E-state index in [-0.39, 0.29) is 18.0 Å². The predicted molar refractivity (Wildman–Crippen MR) is 111 cm³/mol. The van der Waals surface area contributed by atoms with Crippen LogP contribution in [0, 0.1) is 20.8 Å². The zero-order chi connectivity index (χ0) is 19.7. The maximum atomic E-state index is 13.1. The molecule has 0 fully saturated rings. The Kier molecular flexibility index (Phi) is 5.43. The van der Waals surface area contributed by atoms with Crippen molar-refractivity contribution < 1.29 is 4.79 Å². The van der Waals surface area contributed by atoms with Gasteiger partial charge in [0.05, 0.1) is 11.9 Å². The van der Waals surface area contributed by atoms with Gasteiger partial charge in [0.15, 0.2) is 0 Å². The molecule has 27 heavy (non-hydrogen) atoms. The quantitative estimate of drug-likeness (QED) is 0.734. The molecule has 0 unspecified atom stereocenters. The molecule has 2 heterocycles. The zero-order valence-electron chi connectivity index (χ0n) is 16.3. The van der Waals surface area contributed by atoms with Crippen molar-refractivity contribution in [3.63, 3.8) is 0 Å². The Morgan fingerprint density at radius 1 is 1.19 bits per heavy atom. The zero-order valence-corrected chi connectivity index (χ0v) is 17.1. The van der Waals surface area contributed by atoms with E-state index in [9.17, 15) is 9.59 Å². The molecule has 0 saturated heterocycles. The van der Waals surface area contributed by atoms with E-state index in [0.717, 1.165) is 20.8 Å². The summed E-state index contributed by atoms with van der Waals surface area (Å²) < 4.78 is 1.49. The number of hydrogen-bond donors (Lipinski definition) is 1. The number of fused-ring (bicyclic) bond motifs is 1. The Morgan fingerprint density at radius 2 is 1.85 bits per heavy atom. The monoisotopic (exact) mass is 384 g/mol. The van der Waals surface area contributed by atoms with E-state index in [4.69, 9.17) is 0 Å². The average molecular weight is 385 g/mol. The maximum Gasteiger partial charge on any atom is 0.263 e. The Bertz CT molecular complexity index is 1050. The van der Waals surface area contributed by atoms with E-state index in [2.05, 4.69) is 10.3 Å². The van der Waals surface area contributed by atoms with E-state index in [1.54, 1.807) is 0 Å². The van der Waals surface area contributed by atoms with Crippen molar-refractivity contribution in [2.24, 2.45) is 0 Å². The first-order valence-corrected chi connectivity index (χ1v) is 9.58. The number of amides is 1. The minimum absolute atomic E-state index is 0.0623. The Morgan fingerprint density at radius 3 is 2.48 bits per heavy atom. The minimum Gasteiger partial charge on any atom is -0.325 e. The molecule has 1 aromatic carbocycles. The SMILES string of the molecule is Cc1ccc(NC(=O)Cn2c(CN(C)C)nc3sc(C)c(C)c3c2=O)cc1. The Hall–Kier alpha value is -2.51. The summed E-state index contributed by atoms with van der Waals surface area (Å²) in [5, 5.41) is 3.47. The van der Waals surface area contributed by atoms with Gasteiger partial charge in [0, 0.05) is 10.6 Å². The molecule has 0 aliphatic carbocycles. The average Bonchev–Trinajstić information content (AvgIpc) is 2.87. The number of aromatic nitrogens is 2. The third kappa shape index (κ3) is 4.09. The summed E-state index contributed by atoms with van der Waals surface area (Å²) in [6, 6.07) is 7.57. The fourth-order valence-corrected chi connectivity index (χ4v) is 3.96. The maximum absolute atomic E-state index is 13.1. The van der Waals surface area contributed by atoms with Crippen LogP contribution < -0.4 is 10.9 Å². The summed E-state index contributed by atoms with van der Waals surface area (Å²) >= 11 is 1.52. The van der Waals surface area contributed by atoms with Crippen LogP contribution in [-0.2, 0) is 17.9 Å². The van der Waals surface area contributed by atoms with Crippen LogP contribution in [0.4, 0.5) is 5.69 Å². The lowest BCUT2D eigenvalue weighted by molar-refractivity contribution is -0.116. The second kappa shape index (κ2) is 7.62. The van der Waals surface area contributed by atoms with E-state index >= 15 is 0 Å². The van der Waals surface area contributed by atoms with Crippen molar-refractivity contribution in [3.05, 3.63) is 56.4 Å². The lowest BCUT2D eigenvalue weighted by Crippen LogP contribution is -2.32. The van der Waals surface area contributed by atoms with Crippen LogP contribution in [-0.4, -0.2) is 34.5 Å². The third-order valence-electron chi connectivity index (χ3n) is 4.46. The molecule has 0 aliphatic rings. The van der Waals surface area contributed by atoms with Crippen LogP contribution in [0.3, 0.4) is 0 Å². The minimum atomic E-state index is -0.244. The highest BCUT2D eigenvalue weighted by Crippen LogP contribution is 2.26. The van der Waals surface area contributed by atoms with Gasteiger partial charge in [-0.3, -0.25) is 14.2 Å². The molecule has 1 amide bonds. The highest BCUT2D eigenvalue weighted by molar-refractivity contribution is 7.18. The molecule has 0 saturated carbocycles. The largest absolute Gasteiger partial charge is 0.325 e. The fourth-order valence-electron chi connectivity index (χ4n) is 2.92. The second-order valence-electron chi connectivity index (χ2n) is 7.03. The molecule has 0 spiro atoms. The number of benzene rings is 1. The van der Waals surface area contributed by atoms with Gasteiger partial charge in [0.25, 0.3) is 5.56 Å². The number of nitrogens with one attached hydrogen (secondary N) is 1. The van der Waals surface area contributed by atoms with Crippen LogP contribution in [0.1, 0.15) is 21.8 Å². The smallest absolute Gasteiger partial charge is 0.263 e. The fraction of sp³-hybridized carbons (Fsp3) is 0.350. The molecule has 1 N–H and O–H groups in total. The number of rotatable bonds is 5. The summed E-state index contributed by atoms with van der Waals surface area (Å²) in [4.78, 5) is 34.1. The van der Waals surface area contributed by atoms with Gasteiger partial charge in [-0.05, 0) is 52.6 Å². The third-order valence-corrected chi connectivity index (χ3v) is 5.56. The Balaban J connectivity index is 1.99. The van der Waals surface area contributed by atoms with Crippen LogP contribution in [0.25, 0.3) is 10.2 Å². The van der Waals surface area contributed by atoms with E-state index in [1.165, 1.54) is 15.9 Å². The number of thiophene rings is 1. The summed E-state index contributed by atoms with van der Waals surface area (Å²) in [5.41, 5.74) is 2.62. The van der Waals surface area contributed by atoms with Crippen molar-refractivity contribution in [2.75, 3.05) is 19.4 Å². The number of hydrogen-bond acceptors (Lipinski definition) is 5. The van der Waals surface area contributed by atoms with E-state index < -0.39 is 0 Å². The molecule has 0 bridgehead atoms. The van der Waals surface area contributed by atoms with E-state index in [0.29, 0.717) is 23.4 Å². The molecular weight excluding hydrogens is 360 g/mol. The lowest BCUT2D eigenvalue weighted by Gasteiger charge is -2.16. The standard InChI is InChI=1S/C20H24N4O2S/c1-12-6-8-15(9-7-12)21-17(25)11-24-16(10-23(4)5)22-19-18(20(24)26)13(2)14(3)27-19/h6-9H,10-11H2,1-5H3,(H,21,25). The van der Waals surface area contributed by atoms with Gasteiger partial charge in [-0.1, -0.05) is 17.7 Å². The predicted octanol–water partition coefficient (Wildman–Crippen LogP) is 3.08. The molecule has 3 aromatic rings. The van der Waals surface area contributed by atoms with Crippen molar-refractivity contribution in [3.8, 4) is 0 Å². The molecule has 142 valence electrons. The van der Waals surface area contributed by atoms with Crippen molar-refractivity contribution in [1.29, 1.82) is 0 Å². The van der Waals surface area contributed by atoms with Gasteiger partial charge in [0.1, 0.15) is 17.2 Å². The summed E-state index contributed by atoms with van der Waals surface area (Å²) in [5.74, 6) is 0.351. The number of carbonyl (C=O) groups excluding carboxylic acids is 1. The molecule has 2 aromatic heterocycles. The van der Waals surface area contributed by atoms with Gasteiger partial charge < -0.3 is 10.2 Å². The van der Waals surface area contributed by atoms with Crippen molar-refractivity contribution in [2.45, 2.75) is 33.9 Å². The Labute approximate surface area is 162 Å². The lowest BCUT2D eigenvalue weighted by atomic mass is 10.2.